The van der Waals surface area contributed by atoms with Gasteiger partial charge in [-0.05, 0) is 19.4 Å². The highest BCUT2D eigenvalue weighted by Gasteiger charge is 2.32. The molecule has 0 bridgehead atoms. The molecule has 2 rings (SSSR count). The molecule has 0 fully saturated rings. The lowest BCUT2D eigenvalue weighted by Crippen LogP contribution is -2.30. The predicted octanol–water partition coefficient (Wildman–Crippen LogP) is 4.30. The van der Waals surface area contributed by atoms with E-state index in [2.05, 4.69) is 12.2 Å². The maximum Gasteiger partial charge on any atom is 0.213 e. The molecule has 1 aliphatic rings. The van der Waals surface area contributed by atoms with E-state index in [1.807, 2.05) is 0 Å². The van der Waals surface area contributed by atoms with Gasteiger partial charge in [0.25, 0.3) is 0 Å². The van der Waals surface area contributed by atoms with Crippen molar-refractivity contribution in [2.75, 3.05) is 13.7 Å². The number of methoxy groups -OCH3 is 1. The molecule has 0 unspecified atom stereocenters. The number of benzene rings is 1. The number of allylic oxidation sites excluding steroid dienone is 2. The first kappa shape index (κ1) is 18.2. The van der Waals surface area contributed by atoms with E-state index in [4.69, 9.17) is 4.74 Å². The smallest absolute Gasteiger partial charge is 0.213 e. The summed E-state index contributed by atoms with van der Waals surface area (Å²) in [6, 6.07) is 5.15. The van der Waals surface area contributed by atoms with Gasteiger partial charge in [0.2, 0.25) is 5.78 Å². The van der Waals surface area contributed by atoms with E-state index in [1.165, 1.54) is 32.8 Å². The molecule has 1 aromatic rings. The van der Waals surface area contributed by atoms with Gasteiger partial charge in [0, 0.05) is 17.7 Å². The zero-order chi connectivity index (χ0) is 17.5. The molecular weight excluding hydrogens is 302 g/mol. The fourth-order valence-corrected chi connectivity index (χ4v) is 3.07. The molecular formula is C20H27NO3. The summed E-state index contributed by atoms with van der Waals surface area (Å²) in [5.74, 6) is 0.205. The second-order valence-electron chi connectivity index (χ2n) is 6.24. The number of hydrogen-bond donors (Lipinski definition) is 1. The Morgan fingerprint density at radius 3 is 2.42 bits per heavy atom. The van der Waals surface area contributed by atoms with Crippen LogP contribution in [0.4, 0.5) is 0 Å². The molecule has 0 saturated heterocycles. The normalized spacial score (nSPS) is 14.0. The fraction of sp³-hybridized carbons (Fsp3) is 0.500. The van der Waals surface area contributed by atoms with Crippen LogP contribution >= 0.6 is 0 Å². The average molecular weight is 329 g/mol. The summed E-state index contributed by atoms with van der Waals surface area (Å²) in [5, 5.41) is 3.19. The molecule has 1 aliphatic carbocycles. The van der Waals surface area contributed by atoms with E-state index in [0.29, 0.717) is 34.7 Å². The first-order chi connectivity index (χ1) is 11.6. The lowest BCUT2D eigenvalue weighted by atomic mass is 9.87. The van der Waals surface area contributed by atoms with Gasteiger partial charge in [-0.3, -0.25) is 9.59 Å². The van der Waals surface area contributed by atoms with E-state index in [-0.39, 0.29) is 11.6 Å². The molecule has 0 amide bonds. The quantitative estimate of drug-likeness (QED) is 0.686. The van der Waals surface area contributed by atoms with Crippen molar-refractivity contribution < 1.29 is 14.3 Å². The Morgan fingerprint density at radius 2 is 1.71 bits per heavy atom. The largest absolute Gasteiger partial charge is 0.496 e. The Labute approximate surface area is 144 Å². The van der Waals surface area contributed by atoms with Gasteiger partial charge in [0.15, 0.2) is 5.78 Å². The molecule has 4 heteroatoms. The van der Waals surface area contributed by atoms with Crippen molar-refractivity contribution in [1.82, 2.24) is 5.32 Å². The van der Waals surface area contributed by atoms with Crippen LogP contribution < -0.4 is 10.1 Å². The zero-order valence-corrected chi connectivity index (χ0v) is 14.9. The van der Waals surface area contributed by atoms with Crippen molar-refractivity contribution in [2.24, 2.45) is 0 Å². The van der Waals surface area contributed by atoms with E-state index in [9.17, 15) is 9.59 Å². The molecule has 0 saturated carbocycles. The summed E-state index contributed by atoms with van der Waals surface area (Å²) in [6.07, 6.45) is 7.14. The zero-order valence-electron chi connectivity index (χ0n) is 14.9. The van der Waals surface area contributed by atoms with Crippen molar-refractivity contribution in [3.63, 3.8) is 0 Å². The highest BCUT2D eigenvalue weighted by Crippen LogP contribution is 2.31. The summed E-state index contributed by atoms with van der Waals surface area (Å²) >= 11 is 0. The van der Waals surface area contributed by atoms with E-state index < -0.39 is 0 Å². The second kappa shape index (κ2) is 8.67. The Kier molecular flexibility index (Phi) is 6.59. The van der Waals surface area contributed by atoms with E-state index >= 15 is 0 Å². The maximum absolute atomic E-state index is 12.8. The van der Waals surface area contributed by atoms with Crippen molar-refractivity contribution in [2.45, 2.75) is 52.4 Å². The molecule has 0 aliphatic heterocycles. The predicted molar refractivity (Wildman–Crippen MR) is 95.7 cm³/mol. The van der Waals surface area contributed by atoms with Crippen molar-refractivity contribution >= 4 is 11.6 Å². The lowest BCUT2D eigenvalue weighted by Gasteiger charge is -2.21. The van der Waals surface area contributed by atoms with Crippen LogP contribution in [0.15, 0.2) is 29.5 Å². The third-order valence-electron chi connectivity index (χ3n) is 4.49. The summed E-state index contributed by atoms with van der Waals surface area (Å²) < 4.78 is 5.27. The van der Waals surface area contributed by atoms with Crippen LogP contribution in [0.1, 0.15) is 73.1 Å². The van der Waals surface area contributed by atoms with E-state index in [1.54, 1.807) is 25.1 Å². The Bertz CT molecular complexity index is 646. The Morgan fingerprint density at radius 1 is 1.00 bits per heavy atom. The minimum atomic E-state index is -0.148. The standard InChI is InChI=1S/C20H27NO3/c1-4-5-6-7-8-9-13-21-18-14(2)19(22)15-11-10-12-16(24-3)17(15)20(18)23/h10-12,21H,4-9,13H2,1-3H3. The highest BCUT2D eigenvalue weighted by molar-refractivity contribution is 6.27. The first-order valence-corrected chi connectivity index (χ1v) is 8.83. The molecule has 0 radical (unpaired) electrons. The molecule has 130 valence electrons. The number of carbonyl (C=O) groups excluding carboxylic acids is 2. The second-order valence-corrected chi connectivity index (χ2v) is 6.24. The number of carbonyl (C=O) groups is 2. The lowest BCUT2D eigenvalue weighted by molar-refractivity contribution is 0.0966. The van der Waals surface area contributed by atoms with Gasteiger partial charge in [0.1, 0.15) is 5.75 Å². The van der Waals surface area contributed by atoms with Crippen LogP contribution in [-0.2, 0) is 0 Å². The molecule has 0 spiro atoms. The minimum absolute atomic E-state index is 0.103. The summed E-state index contributed by atoms with van der Waals surface area (Å²) in [6.45, 7) is 4.63. The van der Waals surface area contributed by atoms with Gasteiger partial charge in [-0.15, -0.1) is 0 Å². The maximum atomic E-state index is 12.8. The fourth-order valence-electron chi connectivity index (χ4n) is 3.07. The molecule has 24 heavy (non-hydrogen) atoms. The van der Waals surface area contributed by atoms with Gasteiger partial charge < -0.3 is 10.1 Å². The van der Waals surface area contributed by atoms with Crippen molar-refractivity contribution in [3.05, 3.63) is 40.6 Å². The minimum Gasteiger partial charge on any atom is -0.496 e. The molecule has 4 nitrogen and oxygen atoms in total. The summed E-state index contributed by atoms with van der Waals surface area (Å²) in [5.41, 5.74) is 1.72. The van der Waals surface area contributed by atoms with Crippen molar-refractivity contribution in [1.29, 1.82) is 0 Å². The number of unbranched alkanes of at least 4 members (excludes halogenated alkanes) is 5. The number of Topliss-reactive ketones (excluding diaryl/α,β-unsaturated/α-hetero) is 2. The van der Waals surface area contributed by atoms with Crippen LogP contribution in [0.25, 0.3) is 0 Å². The number of ether oxygens (including phenoxy) is 1. The topological polar surface area (TPSA) is 55.4 Å². The van der Waals surface area contributed by atoms with Gasteiger partial charge in [-0.2, -0.15) is 0 Å². The van der Waals surface area contributed by atoms with Crippen LogP contribution in [0.2, 0.25) is 0 Å². The Hall–Kier alpha value is -2.10. The highest BCUT2D eigenvalue weighted by atomic mass is 16.5. The number of ketones is 2. The SMILES string of the molecule is CCCCCCCCNC1=C(C)C(=O)c2cccc(OC)c2C1=O. The number of fused-ring (bicyclic) bond motifs is 1. The average Bonchev–Trinajstić information content (AvgIpc) is 2.60. The summed E-state index contributed by atoms with van der Waals surface area (Å²) in [7, 11) is 1.52. The molecule has 1 N–H and O–H groups in total. The third kappa shape index (κ3) is 3.86. The van der Waals surface area contributed by atoms with Crippen molar-refractivity contribution in [3.8, 4) is 5.75 Å². The number of nitrogens with one attached hydrogen (secondary N) is 1. The van der Waals surface area contributed by atoms with Crippen LogP contribution in [0.3, 0.4) is 0 Å². The third-order valence-corrected chi connectivity index (χ3v) is 4.49. The molecule has 0 heterocycles. The van der Waals surface area contributed by atoms with Gasteiger partial charge >= 0.3 is 0 Å². The first-order valence-electron chi connectivity index (χ1n) is 8.83. The number of rotatable bonds is 9. The summed E-state index contributed by atoms with van der Waals surface area (Å²) in [4.78, 5) is 25.3. The van der Waals surface area contributed by atoms with Crippen LogP contribution in [0.5, 0.6) is 5.75 Å². The van der Waals surface area contributed by atoms with Crippen LogP contribution in [0, 0.1) is 0 Å². The molecule has 1 aromatic carbocycles. The van der Waals surface area contributed by atoms with E-state index in [0.717, 1.165) is 12.8 Å². The molecule has 0 aromatic heterocycles. The van der Waals surface area contributed by atoms with Gasteiger partial charge in [-0.25, -0.2) is 0 Å². The van der Waals surface area contributed by atoms with Gasteiger partial charge in [0.05, 0.1) is 18.4 Å². The number of hydrogen-bond acceptors (Lipinski definition) is 4. The molecule has 0 atom stereocenters. The monoisotopic (exact) mass is 329 g/mol. The van der Waals surface area contributed by atoms with Crippen LogP contribution in [-0.4, -0.2) is 25.2 Å². The Balaban J connectivity index is 2.04. The van der Waals surface area contributed by atoms with Gasteiger partial charge in [-0.1, -0.05) is 51.2 Å².